The Hall–Kier alpha value is -2.53. The first-order valence-electron chi connectivity index (χ1n) is 10.6. The van der Waals surface area contributed by atoms with E-state index in [4.69, 9.17) is 9.47 Å². The van der Waals surface area contributed by atoms with Crippen LogP contribution in [-0.2, 0) is 4.74 Å². The molecule has 1 amide bonds. The highest BCUT2D eigenvalue weighted by Gasteiger charge is 2.23. The molecule has 0 N–H and O–H groups in total. The predicted molar refractivity (Wildman–Crippen MR) is 115 cm³/mol. The second kappa shape index (κ2) is 8.87. The number of carbonyl (C=O) groups is 1. The van der Waals surface area contributed by atoms with Crippen molar-refractivity contribution < 1.29 is 14.3 Å². The molecule has 0 bridgehead atoms. The fraction of sp³-hybridized carbons (Fsp3) is 0.458. The lowest BCUT2D eigenvalue weighted by Gasteiger charge is -2.37. The molecule has 2 saturated heterocycles. The summed E-state index contributed by atoms with van der Waals surface area (Å²) in [6.45, 7) is 8.92. The number of amides is 1. The number of hydrogen-bond acceptors (Lipinski definition) is 4. The van der Waals surface area contributed by atoms with Crippen molar-refractivity contribution in [3.63, 3.8) is 0 Å². The van der Waals surface area contributed by atoms with E-state index in [1.54, 1.807) is 0 Å². The Labute approximate surface area is 173 Å². The van der Waals surface area contributed by atoms with Gasteiger partial charge in [-0.05, 0) is 68.1 Å². The molecule has 2 aromatic carbocycles. The van der Waals surface area contributed by atoms with Gasteiger partial charge in [-0.15, -0.1) is 0 Å². The minimum Gasteiger partial charge on any atom is -0.491 e. The van der Waals surface area contributed by atoms with Crippen molar-refractivity contribution in [3.8, 4) is 5.75 Å². The van der Waals surface area contributed by atoms with Crippen molar-refractivity contribution in [2.24, 2.45) is 0 Å². The lowest BCUT2D eigenvalue weighted by molar-refractivity contribution is 0.0678. The Morgan fingerprint density at radius 3 is 2.52 bits per heavy atom. The molecule has 2 aliphatic rings. The highest BCUT2D eigenvalue weighted by Crippen LogP contribution is 2.24. The molecule has 0 aliphatic carbocycles. The quantitative estimate of drug-likeness (QED) is 0.773. The normalized spacial score (nSPS) is 19.4. The summed E-state index contributed by atoms with van der Waals surface area (Å²) in [4.78, 5) is 17.2. The zero-order chi connectivity index (χ0) is 20.2. The van der Waals surface area contributed by atoms with Crippen LogP contribution < -0.4 is 9.64 Å². The summed E-state index contributed by atoms with van der Waals surface area (Å²) < 4.78 is 11.4. The Balaban J connectivity index is 1.31. The monoisotopic (exact) mass is 394 g/mol. The van der Waals surface area contributed by atoms with Crippen LogP contribution in [0.5, 0.6) is 5.75 Å². The second-order valence-electron chi connectivity index (χ2n) is 7.97. The molecule has 5 heteroatoms. The van der Waals surface area contributed by atoms with Crippen molar-refractivity contribution in [1.82, 2.24) is 4.90 Å². The van der Waals surface area contributed by atoms with Gasteiger partial charge < -0.3 is 19.3 Å². The van der Waals surface area contributed by atoms with Crippen LogP contribution in [0, 0.1) is 13.8 Å². The zero-order valence-corrected chi connectivity index (χ0v) is 17.4. The van der Waals surface area contributed by atoms with E-state index >= 15 is 0 Å². The van der Waals surface area contributed by atoms with Crippen molar-refractivity contribution in [1.29, 1.82) is 0 Å². The maximum atomic E-state index is 12.9. The molecular weight excluding hydrogens is 364 g/mol. The number of piperazine rings is 1. The molecule has 154 valence electrons. The molecule has 2 heterocycles. The van der Waals surface area contributed by atoms with Crippen LogP contribution in [0.2, 0.25) is 0 Å². The van der Waals surface area contributed by atoms with Crippen molar-refractivity contribution >= 4 is 11.6 Å². The average molecular weight is 395 g/mol. The van der Waals surface area contributed by atoms with E-state index < -0.39 is 0 Å². The Morgan fingerprint density at radius 2 is 1.83 bits per heavy atom. The summed E-state index contributed by atoms with van der Waals surface area (Å²) in [6.07, 6.45) is 2.37. The van der Waals surface area contributed by atoms with Gasteiger partial charge in [-0.2, -0.15) is 0 Å². The van der Waals surface area contributed by atoms with E-state index in [-0.39, 0.29) is 12.0 Å². The second-order valence-corrected chi connectivity index (χ2v) is 7.97. The molecule has 2 aromatic rings. The number of nitrogens with zero attached hydrogens (tertiary/aromatic N) is 2. The topological polar surface area (TPSA) is 42.0 Å². The number of hydrogen-bond donors (Lipinski definition) is 0. The van der Waals surface area contributed by atoms with E-state index in [0.29, 0.717) is 6.61 Å². The number of carbonyl (C=O) groups excluding carboxylic acids is 1. The van der Waals surface area contributed by atoms with Crippen LogP contribution >= 0.6 is 0 Å². The minimum atomic E-state index is 0.0938. The third-order valence-corrected chi connectivity index (χ3v) is 6.04. The minimum absolute atomic E-state index is 0.0938. The molecule has 29 heavy (non-hydrogen) atoms. The molecule has 0 aromatic heterocycles. The van der Waals surface area contributed by atoms with E-state index in [1.807, 2.05) is 29.2 Å². The van der Waals surface area contributed by atoms with E-state index in [0.717, 1.165) is 56.9 Å². The number of anilines is 1. The lowest BCUT2D eigenvalue weighted by Crippen LogP contribution is -2.49. The standard InChI is InChI=1S/C24H30N2O3/c1-18-5-3-7-23(19(18)2)25-12-14-26(15-13-25)24(27)20-8-10-21(11-9-20)29-17-22-6-4-16-28-22/h3,5,7-11,22H,4,6,12-17H2,1-2H3. The molecule has 0 radical (unpaired) electrons. The van der Waals surface area contributed by atoms with Crippen molar-refractivity contribution in [2.45, 2.75) is 32.8 Å². The average Bonchev–Trinajstić information content (AvgIpc) is 3.28. The van der Waals surface area contributed by atoms with Crippen LogP contribution in [0.3, 0.4) is 0 Å². The molecule has 2 fully saturated rings. The molecule has 1 atom stereocenters. The maximum Gasteiger partial charge on any atom is 0.253 e. The van der Waals surface area contributed by atoms with E-state index in [9.17, 15) is 4.79 Å². The van der Waals surface area contributed by atoms with Gasteiger partial charge in [-0.3, -0.25) is 4.79 Å². The number of benzene rings is 2. The van der Waals surface area contributed by atoms with Gasteiger partial charge >= 0.3 is 0 Å². The highest BCUT2D eigenvalue weighted by atomic mass is 16.5. The Kier molecular flexibility index (Phi) is 6.05. The van der Waals surface area contributed by atoms with Gasteiger partial charge in [0, 0.05) is 44.0 Å². The SMILES string of the molecule is Cc1cccc(N2CCN(C(=O)c3ccc(OCC4CCCO4)cc3)CC2)c1C. The molecule has 1 unspecified atom stereocenters. The van der Waals surface area contributed by atoms with Crippen LogP contribution in [0.4, 0.5) is 5.69 Å². The molecule has 0 spiro atoms. The van der Waals surface area contributed by atoms with Crippen LogP contribution in [-0.4, -0.2) is 56.3 Å². The van der Waals surface area contributed by atoms with Gasteiger partial charge in [0.2, 0.25) is 0 Å². The molecule has 5 nitrogen and oxygen atoms in total. The predicted octanol–water partition coefficient (Wildman–Crippen LogP) is 3.82. The summed E-state index contributed by atoms with van der Waals surface area (Å²) in [5.74, 6) is 0.882. The summed E-state index contributed by atoms with van der Waals surface area (Å²) in [5.41, 5.74) is 4.63. The summed E-state index contributed by atoms with van der Waals surface area (Å²) in [6, 6.07) is 13.9. The smallest absolute Gasteiger partial charge is 0.253 e. The summed E-state index contributed by atoms with van der Waals surface area (Å²) >= 11 is 0. The third kappa shape index (κ3) is 4.56. The first-order valence-corrected chi connectivity index (χ1v) is 10.6. The van der Waals surface area contributed by atoms with Gasteiger partial charge in [-0.25, -0.2) is 0 Å². The molecule has 4 rings (SSSR count). The summed E-state index contributed by atoms with van der Waals surface area (Å²) in [5, 5.41) is 0. The van der Waals surface area contributed by atoms with Crippen LogP contribution in [0.25, 0.3) is 0 Å². The Morgan fingerprint density at radius 1 is 1.07 bits per heavy atom. The van der Waals surface area contributed by atoms with Gasteiger partial charge in [0.05, 0.1) is 6.10 Å². The van der Waals surface area contributed by atoms with Gasteiger partial charge in [0.25, 0.3) is 5.91 Å². The van der Waals surface area contributed by atoms with Gasteiger partial charge in [0.1, 0.15) is 12.4 Å². The third-order valence-electron chi connectivity index (χ3n) is 6.04. The van der Waals surface area contributed by atoms with Crippen molar-refractivity contribution in [3.05, 3.63) is 59.2 Å². The first kappa shape index (κ1) is 19.8. The number of rotatable bonds is 5. The highest BCUT2D eigenvalue weighted by molar-refractivity contribution is 5.94. The van der Waals surface area contributed by atoms with Gasteiger partial charge in [-0.1, -0.05) is 12.1 Å². The van der Waals surface area contributed by atoms with Crippen LogP contribution in [0.1, 0.15) is 34.3 Å². The van der Waals surface area contributed by atoms with E-state index in [2.05, 4.69) is 36.9 Å². The maximum absolute atomic E-state index is 12.9. The van der Waals surface area contributed by atoms with Crippen LogP contribution in [0.15, 0.2) is 42.5 Å². The molecule has 2 aliphatic heterocycles. The summed E-state index contributed by atoms with van der Waals surface area (Å²) in [7, 11) is 0. The van der Waals surface area contributed by atoms with Crippen molar-refractivity contribution in [2.75, 3.05) is 44.3 Å². The fourth-order valence-corrected chi connectivity index (χ4v) is 4.07. The Bertz CT molecular complexity index is 836. The van der Waals surface area contributed by atoms with E-state index in [1.165, 1.54) is 16.8 Å². The largest absolute Gasteiger partial charge is 0.491 e. The fourth-order valence-electron chi connectivity index (χ4n) is 4.07. The molecular formula is C24H30N2O3. The zero-order valence-electron chi connectivity index (χ0n) is 17.4. The first-order chi connectivity index (χ1) is 14.1. The number of aryl methyl sites for hydroxylation is 1. The van der Waals surface area contributed by atoms with Gasteiger partial charge in [0.15, 0.2) is 0 Å². The molecule has 0 saturated carbocycles. The number of ether oxygens (including phenoxy) is 2. The lowest BCUT2D eigenvalue weighted by atomic mass is 10.1.